The number of carbonyl (C=O) groups excluding carboxylic acids is 1. The van der Waals surface area contributed by atoms with Crippen LogP contribution in [0.25, 0.3) is 5.57 Å². The zero-order valence-corrected chi connectivity index (χ0v) is 46.7. The second-order valence-corrected chi connectivity index (χ2v) is 27.8. The number of carboxylic acids is 1. The fourth-order valence-electron chi connectivity index (χ4n) is 15.2. The van der Waals surface area contributed by atoms with Crippen molar-refractivity contribution in [3.8, 4) is 11.5 Å². The SMILES string of the molecule is COC(=O)c1ccc(C2=c3c(C)c4c5c(c3Oc3c2c(C)c2c6c3C(C)(C)C(C)(C)C(C)(C)N6C(C)(C)C(C)(C)C2(C)C)C(C)(C)C(C)(C)C(C)(C)[N+]=5C(C)(C)C(C)(C)C4(C)C)c(C(=O)O)c1. The van der Waals surface area contributed by atoms with Crippen LogP contribution < -0.4 is 24.8 Å². The van der Waals surface area contributed by atoms with Crippen molar-refractivity contribution in [1.29, 1.82) is 0 Å². The monoisotopic (exact) mass is 914 g/mol. The van der Waals surface area contributed by atoms with Crippen molar-refractivity contribution in [2.45, 2.75) is 224 Å². The minimum atomic E-state index is -1.10. The van der Waals surface area contributed by atoms with Crippen LogP contribution in [-0.2, 0) is 26.4 Å². The van der Waals surface area contributed by atoms with Gasteiger partial charge >= 0.3 is 11.9 Å². The highest BCUT2D eigenvalue weighted by Crippen LogP contribution is 2.72. The summed E-state index contributed by atoms with van der Waals surface area (Å²) in [4.78, 5) is 30.0. The van der Waals surface area contributed by atoms with E-state index >= 15 is 0 Å². The molecule has 7 heteroatoms. The summed E-state index contributed by atoms with van der Waals surface area (Å²) in [6.45, 7) is 62.9. The molecule has 5 aliphatic rings. The molecule has 0 radical (unpaired) electrons. The number of hydrogen-bond acceptors (Lipinski definition) is 5. The van der Waals surface area contributed by atoms with Crippen molar-refractivity contribution in [2.75, 3.05) is 12.0 Å². The summed E-state index contributed by atoms with van der Waals surface area (Å²) in [5.41, 5.74) is 7.03. The number of rotatable bonds is 3. The molecule has 3 aromatic rings. The van der Waals surface area contributed by atoms with Crippen LogP contribution in [0.3, 0.4) is 0 Å². The molecule has 0 aliphatic carbocycles. The van der Waals surface area contributed by atoms with E-state index in [1.807, 2.05) is 6.07 Å². The van der Waals surface area contributed by atoms with Gasteiger partial charge in [-0.25, -0.2) is 14.2 Å². The van der Waals surface area contributed by atoms with Gasteiger partial charge in [-0.1, -0.05) is 117 Å². The first-order chi connectivity index (χ1) is 29.9. The van der Waals surface area contributed by atoms with Gasteiger partial charge in [-0.2, -0.15) is 0 Å². The Balaban J connectivity index is 1.80. The number of ether oxygens (including phenoxy) is 2. The zero-order valence-electron chi connectivity index (χ0n) is 46.7. The molecule has 0 atom stereocenters. The molecule has 0 saturated heterocycles. The lowest BCUT2D eigenvalue weighted by Crippen LogP contribution is -2.79. The molecule has 0 unspecified atom stereocenters. The first-order valence-electron chi connectivity index (χ1n) is 25.0. The van der Waals surface area contributed by atoms with E-state index in [1.165, 1.54) is 46.5 Å². The van der Waals surface area contributed by atoms with E-state index in [2.05, 4.69) is 189 Å². The Labute approximate surface area is 403 Å². The zero-order chi connectivity index (χ0) is 51.1. The molecule has 364 valence electrons. The van der Waals surface area contributed by atoms with Crippen molar-refractivity contribution in [3.63, 3.8) is 0 Å². The van der Waals surface area contributed by atoms with Gasteiger partial charge in [0.2, 0.25) is 5.36 Å². The Morgan fingerprint density at radius 2 is 1.03 bits per heavy atom. The van der Waals surface area contributed by atoms with Crippen molar-refractivity contribution in [1.82, 2.24) is 4.58 Å². The Morgan fingerprint density at radius 3 is 1.49 bits per heavy atom. The number of methoxy groups -OCH3 is 1. The van der Waals surface area contributed by atoms with Crippen molar-refractivity contribution < 1.29 is 24.2 Å². The van der Waals surface area contributed by atoms with Crippen LogP contribution in [0, 0.1) is 35.5 Å². The third-order valence-corrected chi connectivity index (χ3v) is 23.6. The number of aromatic carboxylic acids is 1. The van der Waals surface area contributed by atoms with E-state index in [0.29, 0.717) is 5.56 Å². The summed E-state index contributed by atoms with van der Waals surface area (Å²) in [6.07, 6.45) is 0. The third kappa shape index (κ3) is 4.99. The molecule has 5 aliphatic heterocycles. The largest absolute Gasteiger partial charge is 0.478 e. The molecule has 5 heterocycles. The fourth-order valence-corrected chi connectivity index (χ4v) is 15.2. The van der Waals surface area contributed by atoms with Crippen LogP contribution in [0.5, 0.6) is 11.5 Å². The molecular weight excluding hydrogens is 829 g/mol. The van der Waals surface area contributed by atoms with E-state index in [9.17, 15) is 14.7 Å². The topological polar surface area (TPSA) is 79.1 Å². The molecule has 0 saturated carbocycles. The van der Waals surface area contributed by atoms with E-state index in [-0.39, 0.29) is 65.8 Å². The number of nitrogens with zero attached hydrogens (tertiary/aromatic N) is 2. The highest BCUT2D eigenvalue weighted by atomic mass is 16.5. The first-order valence-corrected chi connectivity index (χ1v) is 25.0. The minimum absolute atomic E-state index is 0.0550. The summed E-state index contributed by atoms with van der Waals surface area (Å²) in [7, 11) is 1.34. The minimum Gasteiger partial charge on any atom is -0.478 e. The van der Waals surface area contributed by atoms with Gasteiger partial charge in [0.1, 0.15) is 11.5 Å². The maximum absolute atomic E-state index is 14.0. The Morgan fingerprint density at radius 1 is 0.582 bits per heavy atom. The van der Waals surface area contributed by atoms with E-state index in [4.69, 9.17) is 9.47 Å². The van der Waals surface area contributed by atoms with Crippen LogP contribution in [0.2, 0.25) is 0 Å². The highest BCUT2D eigenvalue weighted by molar-refractivity contribution is 6.03. The van der Waals surface area contributed by atoms with Crippen molar-refractivity contribution >= 4 is 23.2 Å². The normalized spacial score (nSPS) is 25.4. The van der Waals surface area contributed by atoms with Crippen LogP contribution >= 0.6 is 0 Å². The highest BCUT2D eigenvalue weighted by Gasteiger charge is 2.72. The fraction of sp³-hybridized carbons (Fsp3) is 0.650. The maximum atomic E-state index is 14.0. The first kappa shape index (κ1) is 49.3. The predicted octanol–water partition coefficient (Wildman–Crippen LogP) is 12.8. The van der Waals surface area contributed by atoms with E-state index in [0.717, 1.165) is 39.0 Å². The van der Waals surface area contributed by atoms with Crippen LogP contribution in [0.15, 0.2) is 18.2 Å². The van der Waals surface area contributed by atoms with E-state index in [1.54, 1.807) is 6.07 Å². The molecule has 67 heavy (non-hydrogen) atoms. The second kappa shape index (κ2) is 13.0. The van der Waals surface area contributed by atoms with E-state index < -0.39 is 22.8 Å². The molecule has 0 spiro atoms. The number of benzene rings is 3. The molecule has 7 nitrogen and oxygen atoms in total. The van der Waals surface area contributed by atoms with Gasteiger partial charge in [0.15, 0.2) is 11.1 Å². The molecular formula is C60H85N2O5+. The molecule has 0 amide bonds. The summed E-state index contributed by atoms with van der Waals surface area (Å²) >= 11 is 0. The number of esters is 1. The van der Waals surface area contributed by atoms with Crippen molar-refractivity contribution in [2.24, 2.45) is 21.7 Å². The number of fused-ring (bicyclic) bond motifs is 4. The molecule has 0 fully saturated rings. The lowest BCUT2D eigenvalue weighted by atomic mass is 9.45. The van der Waals surface area contributed by atoms with Crippen LogP contribution in [0.4, 0.5) is 5.69 Å². The lowest BCUT2D eigenvalue weighted by Gasteiger charge is -2.73. The smallest absolute Gasteiger partial charge is 0.337 e. The van der Waals surface area contributed by atoms with Gasteiger partial charge in [0.25, 0.3) is 0 Å². The molecule has 0 bridgehead atoms. The summed E-state index contributed by atoms with van der Waals surface area (Å²) < 4.78 is 16.2. The number of anilines is 1. The number of carbonyl (C=O) groups is 2. The quantitative estimate of drug-likeness (QED) is 0.163. The second-order valence-electron chi connectivity index (χ2n) is 27.8. The van der Waals surface area contributed by atoms with Gasteiger partial charge in [-0.15, -0.1) is 0 Å². The molecule has 3 aromatic carbocycles. The Bertz CT molecular complexity index is 2920. The predicted molar refractivity (Wildman–Crippen MR) is 275 cm³/mol. The van der Waals surface area contributed by atoms with Gasteiger partial charge in [-0.3, -0.25) is 0 Å². The molecule has 1 N–H and O–H groups in total. The van der Waals surface area contributed by atoms with Crippen LogP contribution in [0.1, 0.15) is 231 Å². The lowest BCUT2D eigenvalue weighted by molar-refractivity contribution is -0.0629. The number of carboxylic acid groups (broad SMARTS) is 1. The van der Waals surface area contributed by atoms with Crippen molar-refractivity contribution in [3.05, 3.63) is 84.4 Å². The Kier molecular flexibility index (Phi) is 9.55. The van der Waals surface area contributed by atoms with Gasteiger partial charge in [0.05, 0.1) is 23.8 Å². The van der Waals surface area contributed by atoms with Gasteiger partial charge in [-0.05, 0) is 92.2 Å². The van der Waals surface area contributed by atoms with Gasteiger partial charge < -0.3 is 19.5 Å². The van der Waals surface area contributed by atoms with Crippen LogP contribution in [-0.4, -0.2) is 46.3 Å². The average Bonchev–Trinajstić information content (AvgIpc) is 3.16. The third-order valence-electron chi connectivity index (χ3n) is 23.6. The molecule has 8 rings (SSSR count). The Hall–Kier alpha value is -4.13. The molecule has 0 aromatic heterocycles. The summed E-state index contributed by atoms with van der Waals surface area (Å²) in [5.74, 6) is -0.0563. The van der Waals surface area contributed by atoms with Gasteiger partial charge in [0, 0.05) is 99.0 Å². The summed E-state index contributed by atoms with van der Waals surface area (Å²) in [5, 5.41) is 13.6. The average molecular weight is 914 g/mol. The standard InChI is InChI=1S/C60H84N2O5/c1-31-36-38(34-29-28-33(48(65)66-27)30-35(34)47(63)64)37-32(2)40-44-42(52(9,10)56(17,18)60(25,26)62(44)58(21,22)54(13,14)50(40,5)6)46(37)67-45(36)41-43-39(31)49(3,4)53(11,12)57(19,20)61(43)59(23,24)55(15,16)51(41,7)8/h28-30H,1-27H3/p+1. The maximum Gasteiger partial charge on any atom is 0.337 e. The summed E-state index contributed by atoms with van der Waals surface area (Å²) in [6, 6.07) is 5.12. The number of hydrogen-bond donors (Lipinski definition) is 1.